The fraction of sp³-hybridized carbons (Fsp3) is 0. The highest BCUT2D eigenvalue weighted by atomic mass is 32.1. The molecule has 0 aliphatic carbocycles. The molecular formula is C38H24N4S. The van der Waals surface area contributed by atoms with Crippen molar-refractivity contribution in [3.8, 4) is 56.4 Å². The topological polar surface area (TPSA) is 51.6 Å². The Labute approximate surface area is 253 Å². The molecule has 0 aliphatic heterocycles. The lowest BCUT2D eigenvalue weighted by Crippen LogP contribution is -2.00. The Hall–Kier alpha value is -5.52. The van der Waals surface area contributed by atoms with E-state index in [4.69, 9.17) is 19.9 Å². The van der Waals surface area contributed by atoms with Crippen molar-refractivity contribution in [1.82, 2.24) is 19.9 Å². The third-order valence-corrected chi connectivity index (χ3v) is 8.82. The average Bonchev–Trinajstić information content (AvgIpc) is 3.48. The Morgan fingerprint density at radius 2 is 0.860 bits per heavy atom. The van der Waals surface area contributed by atoms with Gasteiger partial charge in [0.25, 0.3) is 0 Å². The molecule has 8 rings (SSSR count). The zero-order chi connectivity index (χ0) is 28.6. The van der Waals surface area contributed by atoms with Crippen LogP contribution in [0.1, 0.15) is 0 Å². The second-order valence-electron chi connectivity index (χ2n) is 10.3. The summed E-state index contributed by atoms with van der Waals surface area (Å²) in [5, 5.41) is 1.21. The standard InChI is InChI=1S/C38H24N4S/c1-3-9-28(10-4-1)36-40-37(29-11-5-2-6-12-29)42-38(41-36)30-21-17-26(18-22-30)25-15-19-27(20-16-25)31-23-24-39-34-32-13-7-8-14-33(32)43-35(31)34/h1-24H. The smallest absolute Gasteiger partial charge is 0.164 e. The molecule has 0 saturated heterocycles. The molecule has 0 amide bonds. The molecule has 5 heteroatoms. The van der Waals surface area contributed by atoms with Crippen molar-refractivity contribution in [1.29, 1.82) is 0 Å². The van der Waals surface area contributed by atoms with Gasteiger partial charge >= 0.3 is 0 Å². The van der Waals surface area contributed by atoms with Gasteiger partial charge in [-0.2, -0.15) is 0 Å². The molecule has 202 valence electrons. The van der Waals surface area contributed by atoms with E-state index in [1.54, 1.807) is 11.3 Å². The van der Waals surface area contributed by atoms with Crippen molar-refractivity contribution >= 4 is 31.6 Å². The van der Waals surface area contributed by atoms with Gasteiger partial charge in [0.2, 0.25) is 0 Å². The van der Waals surface area contributed by atoms with E-state index in [1.165, 1.54) is 25.9 Å². The van der Waals surface area contributed by atoms with E-state index in [-0.39, 0.29) is 0 Å². The number of thiophene rings is 1. The number of fused-ring (bicyclic) bond motifs is 3. The lowest BCUT2D eigenvalue weighted by molar-refractivity contribution is 1.07. The van der Waals surface area contributed by atoms with E-state index < -0.39 is 0 Å². The van der Waals surface area contributed by atoms with Crippen LogP contribution in [0, 0.1) is 0 Å². The van der Waals surface area contributed by atoms with Crippen LogP contribution in [0.3, 0.4) is 0 Å². The molecule has 0 atom stereocenters. The molecule has 43 heavy (non-hydrogen) atoms. The van der Waals surface area contributed by atoms with Gasteiger partial charge in [-0.25, -0.2) is 15.0 Å². The van der Waals surface area contributed by atoms with E-state index in [0.717, 1.165) is 33.3 Å². The van der Waals surface area contributed by atoms with Gasteiger partial charge < -0.3 is 0 Å². The zero-order valence-corrected chi connectivity index (χ0v) is 23.9. The lowest BCUT2D eigenvalue weighted by Gasteiger charge is -2.09. The SMILES string of the molecule is c1ccc(-c2nc(-c3ccccc3)nc(-c3ccc(-c4ccc(-c5ccnc6c5sc5ccccc56)cc4)cc3)n2)cc1. The summed E-state index contributed by atoms with van der Waals surface area (Å²) >= 11 is 1.80. The quantitative estimate of drug-likeness (QED) is 0.207. The van der Waals surface area contributed by atoms with Gasteiger partial charge in [0.05, 0.1) is 10.2 Å². The summed E-state index contributed by atoms with van der Waals surface area (Å²) in [7, 11) is 0. The van der Waals surface area contributed by atoms with E-state index in [0.29, 0.717) is 17.5 Å². The summed E-state index contributed by atoms with van der Waals surface area (Å²) in [6, 6.07) is 47.9. The molecule has 0 N–H and O–H groups in total. The summed E-state index contributed by atoms with van der Waals surface area (Å²) in [6.45, 7) is 0. The van der Waals surface area contributed by atoms with Crippen LogP contribution in [-0.4, -0.2) is 19.9 Å². The van der Waals surface area contributed by atoms with Gasteiger partial charge in [-0.1, -0.05) is 127 Å². The minimum Gasteiger partial charge on any atom is -0.255 e. The predicted octanol–water partition coefficient (Wildman–Crippen LogP) is 9.97. The maximum Gasteiger partial charge on any atom is 0.164 e. The summed E-state index contributed by atoms with van der Waals surface area (Å²) in [4.78, 5) is 19.2. The van der Waals surface area contributed by atoms with Gasteiger partial charge in [0.1, 0.15) is 0 Å². The Bertz CT molecular complexity index is 2150. The molecule has 5 aromatic carbocycles. The fourth-order valence-corrected chi connectivity index (χ4v) is 6.62. The van der Waals surface area contributed by atoms with Crippen LogP contribution in [0.4, 0.5) is 0 Å². The number of pyridine rings is 1. The van der Waals surface area contributed by atoms with Crippen LogP contribution in [-0.2, 0) is 0 Å². The highest BCUT2D eigenvalue weighted by Crippen LogP contribution is 2.39. The molecule has 0 spiro atoms. The minimum absolute atomic E-state index is 0.652. The Balaban J connectivity index is 1.13. The molecule has 4 nitrogen and oxygen atoms in total. The summed E-state index contributed by atoms with van der Waals surface area (Å²) in [5.41, 5.74) is 8.63. The molecule has 0 bridgehead atoms. The number of rotatable bonds is 5. The molecule has 8 aromatic rings. The number of hydrogen-bond donors (Lipinski definition) is 0. The number of hydrogen-bond acceptors (Lipinski definition) is 5. The van der Waals surface area contributed by atoms with Gasteiger partial charge in [-0.15, -0.1) is 11.3 Å². The number of aromatic nitrogens is 4. The normalized spacial score (nSPS) is 11.3. The summed E-state index contributed by atoms with van der Waals surface area (Å²) in [6.07, 6.45) is 1.91. The third kappa shape index (κ3) is 4.76. The summed E-state index contributed by atoms with van der Waals surface area (Å²) in [5.74, 6) is 1.97. The first kappa shape index (κ1) is 25.2. The molecule has 3 heterocycles. The Morgan fingerprint density at radius 1 is 0.395 bits per heavy atom. The van der Waals surface area contributed by atoms with Crippen molar-refractivity contribution in [3.63, 3.8) is 0 Å². The molecule has 0 unspecified atom stereocenters. The largest absolute Gasteiger partial charge is 0.255 e. The molecule has 0 saturated carbocycles. The zero-order valence-electron chi connectivity index (χ0n) is 23.1. The van der Waals surface area contributed by atoms with Gasteiger partial charge in [0.15, 0.2) is 17.5 Å². The maximum atomic E-state index is 4.86. The Morgan fingerprint density at radius 3 is 1.44 bits per heavy atom. The predicted molar refractivity (Wildman–Crippen MR) is 178 cm³/mol. The van der Waals surface area contributed by atoms with Crippen LogP contribution in [0.2, 0.25) is 0 Å². The first-order chi connectivity index (χ1) is 21.3. The fourth-order valence-electron chi connectivity index (χ4n) is 5.42. The van der Waals surface area contributed by atoms with Gasteiger partial charge in [-0.05, 0) is 28.8 Å². The second kappa shape index (κ2) is 10.7. The van der Waals surface area contributed by atoms with Crippen molar-refractivity contribution in [2.24, 2.45) is 0 Å². The molecule has 0 fully saturated rings. The van der Waals surface area contributed by atoms with Gasteiger partial charge in [0, 0.05) is 38.5 Å². The monoisotopic (exact) mass is 568 g/mol. The molecule has 3 aromatic heterocycles. The molecular weight excluding hydrogens is 545 g/mol. The second-order valence-corrected chi connectivity index (χ2v) is 11.4. The van der Waals surface area contributed by atoms with Gasteiger partial charge in [-0.3, -0.25) is 4.98 Å². The number of nitrogens with zero attached hydrogens (tertiary/aromatic N) is 4. The highest BCUT2D eigenvalue weighted by Gasteiger charge is 2.13. The Kier molecular flexibility index (Phi) is 6.28. The van der Waals surface area contributed by atoms with Crippen molar-refractivity contribution in [3.05, 3.63) is 146 Å². The van der Waals surface area contributed by atoms with E-state index in [2.05, 4.69) is 78.9 Å². The van der Waals surface area contributed by atoms with Crippen molar-refractivity contribution in [2.45, 2.75) is 0 Å². The third-order valence-electron chi connectivity index (χ3n) is 7.63. The number of benzene rings is 5. The van der Waals surface area contributed by atoms with Crippen LogP contribution in [0.15, 0.2) is 146 Å². The lowest BCUT2D eigenvalue weighted by atomic mass is 9.99. The highest BCUT2D eigenvalue weighted by molar-refractivity contribution is 7.26. The van der Waals surface area contributed by atoms with E-state index in [1.807, 2.05) is 66.9 Å². The van der Waals surface area contributed by atoms with Crippen LogP contribution in [0.5, 0.6) is 0 Å². The molecule has 0 radical (unpaired) electrons. The molecule has 0 aliphatic rings. The summed E-state index contributed by atoms with van der Waals surface area (Å²) < 4.78 is 2.49. The van der Waals surface area contributed by atoms with E-state index in [9.17, 15) is 0 Å². The van der Waals surface area contributed by atoms with Crippen LogP contribution >= 0.6 is 11.3 Å². The average molecular weight is 569 g/mol. The first-order valence-corrected chi connectivity index (χ1v) is 15.0. The maximum absolute atomic E-state index is 4.86. The van der Waals surface area contributed by atoms with Crippen molar-refractivity contribution in [2.75, 3.05) is 0 Å². The van der Waals surface area contributed by atoms with Crippen molar-refractivity contribution < 1.29 is 0 Å². The van der Waals surface area contributed by atoms with E-state index >= 15 is 0 Å². The first-order valence-electron chi connectivity index (χ1n) is 14.1. The van der Waals surface area contributed by atoms with Crippen LogP contribution in [0.25, 0.3) is 76.7 Å². The minimum atomic E-state index is 0.652. The van der Waals surface area contributed by atoms with Crippen LogP contribution < -0.4 is 0 Å².